The summed E-state index contributed by atoms with van der Waals surface area (Å²) in [6.45, 7) is 56.5. The largest absolute Gasteiger partial charge is 0.311 e. The van der Waals surface area contributed by atoms with Gasteiger partial charge in [-0.3, -0.25) is 0 Å². The van der Waals surface area contributed by atoms with E-state index in [0.29, 0.717) is 5.92 Å². The van der Waals surface area contributed by atoms with Crippen LogP contribution in [0.25, 0.3) is 44.5 Å². The average molecular weight is 1260 g/mol. The quantitative estimate of drug-likeness (QED) is 0.147. The van der Waals surface area contributed by atoms with Crippen molar-refractivity contribution in [2.24, 2.45) is 0 Å². The minimum atomic E-state index is -0.0927. The van der Waals surface area contributed by atoms with Crippen molar-refractivity contribution < 1.29 is 0 Å². The Hall–Kier alpha value is -7.36. The molecule has 2 aliphatic heterocycles. The van der Waals surface area contributed by atoms with E-state index in [9.17, 15) is 0 Å². The van der Waals surface area contributed by atoms with Crippen molar-refractivity contribution in [1.29, 1.82) is 0 Å². The Morgan fingerprint density at radius 1 is 0.253 bits per heavy atom. The summed E-state index contributed by atoms with van der Waals surface area (Å²) in [4.78, 5) is 5.52. The molecule has 0 bridgehead atoms. The van der Waals surface area contributed by atoms with Gasteiger partial charge in [0.25, 0.3) is 6.71 Å². The summed E-state index contributed by atoms with van der Waals surface area (Å²) in [5.41, 5.74) is 33.3. The Balaban J connectivity index is 1.24. The molecular formula is C92H111BN2. The third-order valence-corrected chi connectivity index (χ3v) is 21.5. The molecule has 9 aromatic rings. The molecule has 3 aliphatic rings. The molecule has 0 spiro atoms. The van der Waals surface area contributed by atoms with E-state index in [1.165, 1.54) is 177 Å². The smallest absolute Gasteiger partial charge is 0.252 e. The zero-order valence-corrected chi connectivity index (χ0v) is 62.8. The number of anilines is 6. The first-order chi connectivity index (χ1) is 44.1. The van der Waals surface area contributed by atoms with Crippen LogP contribution in [0.3, 0.4) is 0 Å². The van der Waals surface area contributed by atoms with Crippen molar-refractivity contribution in [2.45, 2.75) is 248 Å². The molecule has 0 N–H and O–H groups in total. The van der Waals surface area contributed by atoms with E-state index in [4.69, 9.17) is 0 Å². The second-order valence-electron chi connectivity index (χ2n) is 37.2. The standard InChI is InChI=1S/C92H111BN2/c1-85(2,3)66-36-30-59(31-37-66)74-56-68(87(7,8)9)40-44-78(74)94-80-50-61(63-46-70(89(13,14)15)54-71(47-63)90(16,17)18)34-42-76(80)93-77-43-35-62(64-48-72(91(19,20)21)55-73(49-64)92(22,23)24)51-81(77)95(83-53-65(52-82(94)84(83)93)58-28-26-25-27-29-58)79-45-41-69(88(10,11)12)57-75(79)60-32-38-67(39-33-60)86(4,5)6/h30-58H,25-29H2,1-24H3. The molecule has 0 amide bonds. The minimum Gasteiger partial charge on any atom is -0.311 e. The third-order valence-electron chi connectivity index (χ3n) is 21.5. The summed E-state index contributed by atoms with van der Waals surface area (Å²) in [7, 11) is 0. The monoisotopic (exact) mass is 1250 g/mol. The first kappa shape index (κ1) is 67.6. The highest BCUT2D eigenvalue weighted by Gasteiger charge is 2.46. The van der Waals surface area contributed by atoms with E-state index >= 15 is 0 Å². The first-order valence-electron chi connectivity index (χ1n) is 36.0. The van der Waals surface area contributed by atoms with E-state index in [2.05, 4.69) is 346 Å². The maximum Gasteiger partial charge on any atom is 0.252 e. The number of benzene rings is 9. The van der Waals surface area contributed by atoms with Crippen LogP contribution in [0.1, 0.15) is 254 Å². The van der Waals surface area contributed by atoms with Crippen molar-refractivity contribution in [3.05, 3.63) is 220 Å². The molecule has 3 heteroatoms. The van der Waals surface area contributed by atoms with Crippen LogP contribution in [-0.4, -0.2) is 6.71 Å². The van der Waals surface area contributed by atoms with Gasteiger partial charge in [-0.25, -0.2) is 0 Å². The number of hydrogen-bond acceptors (Lipinski definition) is 2. The maximum absolute atomic E-state index is 2.76. The fourth-order valence-corrected chi connectivity index (χ4v) is 15.0. The van der Waals surface area contributed by atoms with Crippen LogP contribution in [0.15, 0.2) is 170 Å². The van der Waals surface area contributed by atoms with E-state index in [1.54, 1.807) is 0 Å². The Morgan fingerprint density at radius 3 is 0.874 bits per heavy atom. The lowest BCUT2D eigenvalue weighted by atomic mass is 9.33. The molecule has 9 aromatic carbocycles. The average Bonchev–Trinajstić information content (AvgIpc) is 0.691. The summed E-state index contributed by atoms with van der Waals surface area (Å²) in [5.74, 6) is 0.417. The zero-order valence-electron chi connectivity index (χ0n) is 62.8. The van der Waals surface area contributed by atoms with E-state index in [0.717, 1.165) is 0 Å². The van der Waals surface area contributed by atoms with Gasteiger partial charge < -0.3 is 9.80 Å². The predicted octanol–water partition coefficient (Wildman–Crippen LogP) is 24.9. The van der Waals surface area contributed by atoms with E-state index < -0.39 is 0 Å². The van der Waals surface area contributed by atoms with Crippen LogP contribution in [-0.2, 0) is 43.3 Å². The summed E-state index contributed by atoms with van der Waals surface area (Å²) in [6, 6.07) is 69.6. The Labute approximate surface area is 575 Å². The van der Waals surface area contributed by atoms with E-state index in [-0.39, 0.29) is 50.0 Å². The molecule has 0 saturated heterocycles. The van der Waals surface area contributed by atoms with Gasteiger partial charge >= 0.3 is 0 Å². The summed E-state index contributed by atoms with van der Waals surface area (Å²) in [5, 5.41) is 0. The highest BCUT2D eigenvalue weighted by molar-refractivity contribution is 7.00. The van der Waals surface area contributed by atoms with Gasteiger partial charge in [0.15, 0.2) is 0 Å². The number of hydrogen-bond donors (Lipinski definition) is 0. The van der Waals surface area contributed by atoms with Crippen LogP contribution in [0, 0.1) is 0 Å². The molecule has 2 heterocycles. The Morgan fingerprint density at radius 2 is 0.558 bits per heavy atom. The third kappa shape index (κ3) is 13.2. The van der Waals surface area contributed by atoms with Crippen LogP contribution in [0.2, 0.25) is 0 Å². The number of nitrogens with zero attached hydrogens (tertiary/aromatic N) is 2. The molecule has 0 unspecified atom stereocenters. The first-order valence-corrected chi connectivity index (χ1v) is 36.0. The predicted molar refractivity (Wildman–Crippen MR) is 418 cm³/mol. The van der Waals surface area contributed by atoms with Gasteiger partial charge in [-0.05, 0) is 210 Å². The van der Waals surface area contributed by atoms with Gasteiger partial charge in [-0.15, -0.1) is 0 Å². The fourth-order valence-electron chi connectivity index (χ4n) is 15.0. The van der Waals surface area contributed by atoms with Crippen molar-refractivity contribution >= 4 is 57.2 Å². The molecule has 1 aliphatic carbocycles. The van der Waals surface area contributed by atoms with Crippen molar-refractivity contribution in [3.8, 4) is 44.5 Å². The van der Waals surface area contributed by atoms with Gasteiger partial charge in [-0.2, -0.15) is 0 Å². The lowest BCUT2D eigenvalue weighted by Crippen LogP contribution is -2.61. The van der Waals surface area contributed by atoms with Crippen LogP contribution < -0.4 is 26.2 Å². The molecule has 0 atom stereocenters. The summed E-state index contributed by atoms with van der Waals surface area (Å²) >= 11 is 0. The number of fused-ring (bicyclic) bond motifs is 4. The van der Waals surface area contributed by atoms with Gasteiger partial charge in [0.1, 0.15) is 0 Å². The highest BCUT2D eigenvalue weighted by Crippen LogP contribution is 2.53. The lowest BCUT2D eigenvalue weighted by molar-refractivity contribution is 0.444. The van der Waals surface area contributed by atoms with E-state index in [1.807, 2.05) is 0 Å². The fraction of sp³-hybridized carbons (Fsp3) is 0.413. The molecule has 0 aromatic heterocycles. The second-order valence-corrected chi connectivity index (χ2v) is 37.2. The van der Waals surface area contributed by atoms with Gasteiger partial charge in [0.05, 0.1) is 11.4 Å². The lowest BCUT2D eigenvalue weighted by Gasteiger charge is -2.46. The van der Waals surface area contributed by atoms with Crippen molar-refractivity contribution in [3.63, 3.8) is 0 Å². The normalized spacial score (nSPS) is 15.1. The second kappa shape index (κ2) is 23.7. The molecule has 0 radical (unpaired) electrons. The van der Waals surface area contributed by atoms with Gasteiger partial charge in [-0.1, -0.05) is 307 Å². The highest BCUT2D eigenvalue weighted by atomic mass is 15.2. The molecule has 492 valence electrons. The van der Waals surface area contributed by atoms with Crippen molar-refractivity contribution in [1.82, 2.24) is 0 Å². The Kier molecular flexibility index (Phi) is 16.9. The molecule has 12 rings (SSSR count). The molecular weight excluding hydrogens is 1140 g/mol. The van der Waals surface area contributed by atoms with Gasteiger partial charge in [0, 0.05) is 33.9 Å². The zero-order chi connectivity index (χ0) is 68.7. The maximum atomic E-state index is 2.76. The number of rotatable bonds is 7. The SMILES string of the molecule is CC(C)(C)c1ccc(-c2cc(C(C)(C)C)ccc2N2c3cc(-c4cc(C(C)(C)C)cc(C(C)(C)C)c4)ccc3B3c4ccc(-c5cc(C(C)(C)C)cc(C(C)(C)C)c5)cc4N(c4ccc(C(C)(C)C)cc4-c4ccc(C(C)(C)C)cc4)c4cc(C5CCCCC5)cc2c43)cc1. The molecule has 1 saturated carbocycles. The summed E-state index contributed by atoms with van der Waals surface area (Å²) in [6.07, 6.45) is 6.13. The molecule has 2 nitrogen and oxygen atoms in total. The van der Waals surface area contributed by atoms with Gasteiger partial charge in [0.2, 0.25) is 0 Å². The molecule has 95 heavy (non-hydrogen) atoms. The van der Waals surface area contributed by atoms with Crippen LogP contribution in [0.5, 0.6) is 0 Å². The summed E-state index contributed by atoms with van der Waals surface area (Å²) < 4.78 is 0. The minimum absolute atomic E-state index is 0.0131. The van der Waals surface area contributed by atoms with Crippen LogP contribution >= 0.6 is 0 Å². The topological polar surface area (TPSA) is 6.48 Å². The molecule has 1 fully saturated rings. The van der Waals surface area contributed by atoms with Crippen molar-refractivity contribution in [2.75, 3.05) is 9.80 Å². The Bertz CT molecular complexity index is 4050. The van der Waals surface area contributed by atoms with Crippen LogP contribution in [0.4, 0.5) is 34.1 Å².